The molecule has 2 aliphatic rings. The Morgan fingerprint density at radius 3 is 2.55 bits per heavy atom. The van der Waals surface area contributed by atoms with Gasteiger partial charge in [-0.25, -0.2) is 0 Å². The molecule has 1 aliphatic carbocycles. The normalized spacial score (nSPS) is 33.9. The number of nitrogens with two attached hydrogens (primary N) is 1. The molecule has 0 aromatic heterocycles. The lowest BCUT2D eigenvalue weighted by molar-refractivity contribution is 0.226. The number of anilines is 1. The van der Waals surface area contributed by atoms with Gasteiger partial charge in [-0.05, 0) is 55.6 Å². The second-order valence-corrected chi connectivity index (χ2v) is 7.16. The molecule has 0 saturated heterocycles. The Morgan fingerprint density at radius 2 is 1.85 bits per heavy atom. The van der Waals surface area contributed by atoms with Crippen LogP contribution in [0.1, 0.15) is 45.1 Å². The van der Waals surface area contributed by atoms with Crippen molar-refractivity contribution in [3.63, 3.8) is 0 Å². The van der Waals surface area contributed by atoms with Crippen LogP contribution in [0.3, 0.4) is 0 Å². The van der Waals surface area contributed by atoms with Crippen LogP contribution in [-0.4, -0.2) is 18.6 Å². The Labute approximate surface area is 123 Å². The molecule has 20 heavy (non-hydrogen) atoms. The molecule has 3 rings (SSSR count). The van der Waals surface area contributed by atoms with Gasteiger partial charge in [0.05, 0.1) is 5.54 Å². The van der Waals surface area contributed by atoms with Gasteiger partial charge in [0.25, 0.3) is 0 Å². The molecule has 1 saturated carbocycles. The molecule has 0 spiro atoms. The van der Waals surface area contributed by atoms with Gasteiger partial charge in [-0.1, -0.05) is 32.0 Å². The smallest absolute Gasteiger partial charge is 0.0524 e. The van der Waals surface area contributed by atoms with E-state index in [0.717, 1.165) is 18.4 Å². The molecule has 1 aromatic rings. The number of benzene rings is 1. The summed E-state index contributed by atoms with van der Waals surface area (Å²) < 4.78 is 0. The second kappa shape index (κ2) is 5.40. The van der Waals surface area contributed by atoms with E-state index in [9.17, 15) is 0 Å². The van der Waals surface area contributed by atoms with Gasteiger partial charge in [0.15, 0.2) is 0 Å². The van der Waals surface area contributed by atoms with E-state index < -0.39 is 0 Å². The molecule has 1 atom stereocenters. The Hall–Kier alpha value is -1.02. The minimum absolute atomic E-state index is 0.206. The zero-order valence-corrected chi connectivity index (χ0v) is 12.9. The summed E-state index contributed by atoms with van der Waals surface area (Å²) in [5.74, 6) is 1.60. The van der Waals surface area contributed by atoms with Gasteiger partial charge in [-0.2, -0.15) is 0 Å². The van der Waals surface area contributed by atoms with Gasteiger partial charge in [0.1, 0.15) is 0 Å². The lowest BCUT2D eigenvalue weighted by Crippen LogP contribution is -2.58. The number of hydrogen-bond acceptors (Lipinski definition) is 2. The van der Waals surface area contributed by atoms with Crippen LogP contribution in [0.4, 0.5) is 5.69 Å². The summed E-state index contributed by atoms with van der Waals surface area (Å²) >= 11 is 0. The van der Waals surface area contributed by atoms with Gasteiger partial charge in [-0.15, -0.1) is 0 Å². The fourth-order valence-corrected chi connectivity index (χ4v) is 4.13. The molecular weight excluding hydrogens is 244 g/mol. The SMILES string of the molecule is CC1CCC(CN)(N2CC(C)Cc3ccccc32)CC1. The summed E-state index contributed by atoms with van der Waals surface area (Å²) in [6.45, 7) is 6.72. The first-order chi connectivity index (χ1) is 9.64. The first-order valence-electron chi connectivity index (χ1n) is 8.20. The zero-order chi connectivity index (χ0) is 14.2. The average Bonchev–Trinajstić information content (AvgIpc) is 2.48. The molecule has 2 heteroatoms. The van der Waals surface area contributed by atoms with E-state index in [4.69, 9.17) is 5.73 Å². The molecule has 0 amide bonds. The van der Waals surface area contributed by atoms with Gasteiger partial charge in [-0.3, -0.25) is 0 Å². The Morgan fingerprint density at radius 1 is 1.15 bits per heavy atom. The molecule has 2 N–H and O–H groups in total. The van der Waals surface area contributed by atoms with Crippen molar-refractivity contribution >= 4 is 5.69 Å². The fourth-order valence-electron chi connectivity index (χ4n) is 4.13. The standard InChI is InChI=1S/C18H28N2/c1-14-7-9-18(13-19,10-8-14)20-12-15(2)11-16-5-3-4-6-17(16)20/h3-6,14-15H,7-13,19H2,1-2H3. The van der Waals surface area contributed by atoms with E-state index in [1.807, 2.05) is 0 Å². The first-order valence-corrected chi connectivity index (χ1v) is 8.20. The number of fused-ring (bicyclic) bond motifs is 1. The third kappa shape index (κ3) is 2.35. The van der Waals surface area contributed by atoms with E-state index in [0.29, 0.717) is 0 Å². The maximum atomic E-state index is 6.28. The zero-order valence-electron chi connectivity index (χ0n) is 12.9. The van der Waals surface area contributed by atoms with Crippen LogP contribution >= 0.6 is 0 Å². The summed E-state index contributed by atoms with van der Waals surface area (Å²) in [5.41, 5.74) is 9.44. The summed E-state index contributed by atoms with van der Waals surface area (Å²) in [4.78, 5) is 2.67. The van der Waals surface area contributed by atoms with E-state index >= 15 is 0 Å². The van der Waals surface area contributed by atoms with E-state index in [1.165, 1.54) is 49.9 Å². The fraction of sp³-hybridized carbons (Fsp3) is 0.667. The van der Waals surface area contributed by atoms with Crippen LogP contribution in [0.15, 0.2) is 24.3 Å². The van der Waals surface area contributed by atoms with Crippen LogP contribution in [0, 0.1) is 11.8 Å². The number of nitrogens with zero attached hydrogens (tertiary/aromatic N) is 1. The molecular formula is C18H28N2. The van der Waals surface area contributed by atoms with E-state index in [1.54, 1.807) is 0 Å². The number of para-hydroxylation sites is 1. The molecule has 1 aromatic carbocycles. The topological polar surface area (TPSA) is 29.3 Å². The molecule has 1 unspecified atom stereocenters. The maximum Gasteiger partial charge on any atom is 0.0524 e. The summed E-state index contributed by atoms with van der Waals surface area (Å²) in [7, 11) is 0. The largest absolute Gasteiger partial charge is 0.364 e. The molecule has 0 radical (unpaired) electrons. The van der Waals surface area contributed by atoms with Crippen molar-refractivity contribution < 1.29 is 0 Å². The van der Waals surface area contributed by atoms with Crippen molar-refractivity contribution in [1.29, 1.82) is 0 Å². The quantitative estimate of drug-likeness (QED) is 0.891. The molecule has 2 nitrogen and oxygen atoms in total. The highest BCUT2D eigenvalue weighted by Gasteiger charge is 2.41. The predicted molar refractivity (Wildman–Crippen MR) is 86.1 cm³/mol. The lowest BCUT2D eigenvalue weighted by Gasteiger charge is -2.51. The van der Waals surface area contributed by atoms with Crippen LogP contribution in [0.25, 0.3) is 0 Å². The summed E-state index contributed by atoms with van der Waals surface area (Å²) in [6, 6.07) is 8.95. The van der Waals surface area contributed by atoms with Crippen molar-refractivity contribution in [2.45, 2.75) is 51.5 Å². The van der Waals surface area contributed by atoms with Gasteiger partial charge in [0.2, 0.25) is 0 Å². The highest BCUT2D eigenvalue weighted by Crippen LogP contribution is 2.42. The highest BCUT2D eigenvalue weighted by molar-refractivity contribution is 5.58. The van der Waals surface area contributed by atoms with Crippen LogP contribution in [0.5, 0.6) is 0 Å². The Balaban J connectivity index is 1.96. The molecule has 1 heterocycles. The molecule has 110 valence electrons. The molecule has 0 bridgehead atoms. The second-order valence-electron chi connectivity index (χ2n) is 7.16. The van der Waals surface area contributed by atoms with E-state index in [2.05, 4.69) is 43.0 Å². The molecule has 1 fully saturated rings. The van der Waals surface area contributed by atoms with Crippen molar-refractivity contribution in [1.82, 2.24) is 0 Å². The van der Waals surface area contributed by atoms with Gasteiger partial charge < -0.3 is 10.6 Å². The number of rotatable bonds is 2. The third-order valence-corrected chi connectivity index (χ3v) is 5.50. The lowest BCUT2D eigenvalue weighted by atomic mass is 9.74. The maximum absolute atomic E-state index is 6.28. The van der Waals surface area contributed by atoms with Crippen LogP contribution < -0.4 is 10.6 Å². The van der Waals surface area contributed by atoms with Gasteiger partial charge >= 0.3 is 0 Å². The highest BCUT2D eigenvalue weighted by atomic mass is 15.2. The third-order valence-electron chi connectivity index (χ3n) is 5.50. The first kappa shape index (κ1) is 13.9. The monoisotopic (exact) mass is 272 g/mol. The van der Waals surface area contributed by atoms with Crippen molar-refractivity contribution in [3.8, 4) is 0 Å². The summed E-state index contributed by atoms with van der Waals surface area (Å²) in [6.07, 6.45) is 6.37. The Kier molecular flexibility index (Phi) is 3.76. The van der Waals surface area contributed by atoms with Crippen LogP contribution in [-0.2, 0) is 6.42 Å². The van der Waals surface area contributed by atoms with Crippen molar-refractivity contribution in [2.75, 3.05) is 18.0 Å². The predicted octanol–water partition coefficient (Wildman–Crippen LogP) is 3.59. The minimum Gasteiger partial charge on any atom is -0.364 e. The van der Waals surface area contributed by atoms with E-state index in [-0.39, 0.29) is 5.54 Å². The number of hydrogen-bond donors (Lipinski definition) is 1. The van der Waals surface area contributed by atoms with Crippen molar-refractivity contribution in [2.24, 2.45) is 17.6 Å². The average molecular weight is 272 g/mol. The van der Waals surface area contributed by atoms with Crippen molar-refractivity contribution in [3.05, 3.63) is 29.8 Å². The minimum atomic E-state index is 0.206. The Bertz CT molecular complexity index is 460. The van der Waals surface area contributed by atoms with Crippen LogP contribution in [0.2, 0.25) is 0 Å². The molecule has 1 aliphatic heterocycles. The summed E-state index contributed by atoms with van der Waals surface area (Å²) in [5, 5.41) is 0. The van der Waals surface area contributed by atoms with Gasteiger partial charge in [0, 0.05) is 18.8 Å².